The lowest BCUT2D eigenvalue weighted by molar-refractivity contribution is 0.169. The fraction of sp³-hybridized carbons (Fsp3) is 0.857. The van der Waals surface area contributed by atoms with Crippen LogP contribution in [0.25, 0.3) is 0 Å². The van der Waals surface area contributed by atoms with E-state index in [9.17, 15) is 0 Å². The highest BCUT2D eigenvalue weighted by atomic mass is 15.1. The van der Waals surface area contributed by atoms with E-state index in [1.54, 1.807) is 5.57 Å². The van der Waals surface area contributed by atoms with Gasteiger partial charge in [0.2, 0.25) is 0 Å². The number of allylic oxidation sites excluding steroid dienone is 1. The van der Waals surface area contributed by atoms with Crippen LogP contribution in [0.5, 0.6) is 0 Å². The normalized spacial score (nSPS) is 31.8. The third kappa shape index (κ3) is 3.33. The maximum absolute atomic E-state index is 3.73. The molecule has 1 saturated heterocycles. The first-order valence-electron chi connectivity index (χ1n) is 6.87. The molecule has 0 amide bonds. The molecule has 2 unspecified atom stereocenters. The molecular weight excluding hydrogens is 196 g/mol. The summed E-state index contributed by atoms with van der Waals surface area (Å²) < 4.78 is 0. The maximum Gasteiger partial charge on any atom is 0.00941 e. The number of hydrogen-bond donors (Lipinski definition) is 1. The largest absolute Gasteiger partial charge is 0.314 e. The average molecular weight is 222 g/mol. The molecule has 2 rings (SSSR count). The summed E-state index contributed by atoms with van der Waals surface area (Å²) in [6.45, 7) is 4.78. The Morgan fingerprint density at radius 3 is 3.06 bits per heavy atom. The minimum atomic E-state index is 0.747. The van der Waals surface area contributed by atoms with E-state index < -0.39 is 0 Å². The summed E-state index contributed by atoms with van der Waals surface area (Å²) in [6, 6.07) is 1.50. The van der Waals surface area contributed by atoms with Crippen LogP contribution in [0.4, 0.5) is 0 Å². The molecule has 92 valence electrons. The molecule has 0 bridgehead atoms. The van der Waals surface area contributed by atoms with Crippen molar-refractivity contribution in [2.75, 3.05) is 20.1 Å². The van der Waals surface area contributed by atoms with E-state index in [1.807, 2.05) is 0 Å². The van der Waals surface area contributed by atoms with Crippen LogP contribution in [0, 0.1) is 0 Å². The van der Waals surface area contributed by atoms with Gasteiger partial charge in [-0.2, -0.15) is 0 Å². The molecule has 1 fully saturated rings. The predicted molar refractivity (Wildman–Crippen MR) is 69.7 cm³/mol. The van der Waals surface area contributed by atoms with Gasteiger partial charge in [0.15, 0.2) is 0 Å². The number of piperidine rings is 1. The van der Waals surface area contributed by atoms with E-state index in [0.29, 0.717) is 0 Å². The number of hydrogen-bond acceptors (Lipinski definition) is 2. The van der Waals surface area contributed by atoms with Gasteiger partial charge in [-0.1, -0.05) is 11.6 Å². The van der Waals surface area contributed by atoms with Gasteiger partial charge in [-0.05, 0) is 65.6 Å². The first-order valence-corrected chi connectivity index (χ1v) is 6.87. The van der Waals surface area contributed by atoms with Crippen molar-refractivity contribution in [3.05, 3.63) is 11.6 Å². The van der Waals surface area contributed by atoms with E-state index in [1.165, 1.54) is 51.6 Å². The molecular formula is C14H26N2. The lowest BCUT2D eigenvalue weighted by Gasteiger charge is -2.35. The molecule has 0 aromatic carbocycles. The first kappa shape index (κ1) is 12.1. The predicted octanol–water partition coefficient (Wildman–Crippen LogP) is 2.56. The van der Waals surface area contributed by atoms with Gasteiger partial charge >= 0.3 is 0 Å². The Kier molecular flexibility index (Phi) is 4.42. The van der Waals surface area contributed by atoms with Gasteiger partial charge in [0, 0.05) is 12.1 Å². The van der Waals surface area contributed by atoms with Crippen molar-refractivity contribution in [2.45, 2.75) is 57.5 Å². The van der Waals surface area contributed by atoms with Crippen molar-refractivity contribution in [1.29, 1.82) is 0 Å². The quantitative estimate of drug-likeness (QED) is 0.735. The highest BCUT2D eigenvalue weighted by Crippen LogP contribution is 2.20. The van der Waals surface area contributed by atoms with Gasteiger partial charge in [-0.25, -0.2) is 0 Å². The second-order valence-corrected chi connectivity index (χ2v) is 5.51. The van der Waals surface area contributed by atoms with Crippen molar-refractivity contribution >= 4 is 0 Å². The van der Waals surface area contributed by atoms with E-state index >= 15 is 0 Å². The Hall–Kier alpha value is -0.340. The van der Waals surface area contributed by atoms with Crippen LogP contribution in [0.2, 0.25) is 0 Å². The highest BCUT2D eigenvalue weighted by Gasteiger charge is 2.21. The molecule has 2 heteroatoms. The van der Waals surface area contributed by atoms with Gasteiger partial charge in [0.05, 0.1) is 0 Å². The topological polar surface area (TPSA) is 15.3 Å². The number of nitrogens with one attached hydrogen (secondary N) is 1. The first-order chi connectivity index (χ1) is 7.75. The molecule has 0 aromatic rings. The third-order valence-electron chi connectivity index (χ3n) is 4.22. The Bertz CT molecular complexity index is 247. The number of likely N-dealkylation sites (tertiary alicyclic amines) is 1. The van der Waals surface area contributed by atoms with E-state index in [0.717, 1.165) is 12.1 Å². The van der Waals surface area contributed by atoms with Crippen LogP contribution in [0.15, 0.2) is 11.6 Å². The van der Waals surface area contributed by atoms with Crippen LogP contribution >= 0.6 is 0 Å². The van der Waals surface area contributed by atoms with Gasteiger partial charge < -0.3 is 10.2 Å². The zero-order chi connectivity index (χ0) is 11.4. The minimum absolute atomic E-state index is 0.747. The molecule has 1 heterocycles. The second-order valence-electron chi connectivity index (χ2n) is 5.51. The van der Waals surface area contributed by atoms with Crippen LogP contribution < -0.4 is 5.32 Å². The molecule has 1 aliphatic carbocycles. The summed E-state index contributed by atoms with van der Waals surface area (Å²) in [7, 11) is 2.24. The summed E-state index contributed by atoms with van der Waals surface area (Å²) in [6.07, 6.45) is 10.4. The van der Waals surface area contributed by atoms with Crippen LogP contribution in [-0.4, -0.2) is 37.1 Å². The molecule has 16 heavy (non-hydrogen) atoms. The lowest BCUT2D eigenvalue weighted by atomic mass is 9.99. The van der Waals surface area contributed by atoms with E-state index in [-0.39, 0.29) is 0 Å². The summed E-state index contributed by atoms with van der Waals surface area (Å²) in [5.74, 6) is 0. The maximum atomic E-state index is 3.73. The van der Waals surface area contributed by atoms with Crippen molar-refractivity contribution in [1.82, 2.24) is 10.2 Å². The van der Waals surface area contributed by atoms with Crippen molar-refractivity contribution in [3.8, 4) is 0 Å². The summed E-state index contributed by atoms with van der Waals surface area (Å²) >= 11 is 0. The van der Waals surface area contributed by atoms with E-state index in [4.69, 9.17) is 0 Å². The molecule has 1 N–H and O–H groups in total. The molecule has 0 radical (unpaired) electrons. The Labute approximate surface area is 100 Å². The van der Waals surface area contributed by atoms with E-state index in [2.05, 4.69) is 30.3 Å². The molecule has 2 atom stereocenters. The summed E-state index contributed by atoms with van der Waals surface area (Å²) in [5, 5.41) is 3.73. The molecule has 0 aromatic heterocycles. The Balaban J connectivity index is 1.62. The fourth-order valence-electron chi connectivity index (χ4n) is 2.88. The molecule has 0 spiro atoms. The third-order valence-corrected chi connectivity index (χ3v) is 4.22. The minimum Gasteiger partial charge on any atom is -0.314 e. The molecule has 2 aliphatic rings. The monoisotopic (exact) mass is 222 g/mol. The smallest absolute Gasteiger partial charge is 0.00941 e. The van der Waals surface area contributed by atoms with Gasteiger partial charge in [-0.3, -0.25) is 0 Å². The lowest BCUT2D eigenvalue weighted by Crippen LogP contribution is -2.45. The van der Waals surface area contributed by atoms with Gasteiger partial charge in [-0.15, -0.1) is 0 Å². The number of nitrogens with zero attached hydrogens (tertiary/aromatic N) is 1. The summed E-state index contributed by atoms with van der Waals surface area (Å²) in [4.78, 5) is 2.47. The Morgan fingerprint density at radius 2 is 2.38 bits per heavy atom. The van der Waals surface area contributed by atoms with Crippen LogP contribution in [0.3, 0.4) is 0 Å². The van der Waals surface area contributed by atoms with Gasteiger partial charge in [0.25, 0.3) is 0 Å². The molecule has 0 saturated carbocycles. The highest BCUT2D eigenvalue weighted by molar-refractivity contribution is 5.07. The molecule has 1 aliphatic heterocycles. The van der Waals surface area contributed by atoms with Crippen molar-refractivity contribution < 1.29 is 0 Å². The van der Waals surface area contributed by atoms with Gasteiger partial charge in [0.1, 0.15) is 0 Å². The summed E-state index contributed by atoms with van der Waals surface area (Å²) in [5.41, 5.74) is 1.69. The standard InChI is InChI=1S/C14H26N2/c1-12-11-14(8-10-16(12)2)15-9-7-13-5-3-4-6-13/h5,12,14-15H,3-4,6-11H2,1-2H3. The van der Waals surface area contributed by atoms with Crippen LogP contribution in [0.1, 0.15) is 45.4 Å². The van der Waals surface area contributed by atoms with Crippen molar-refractivity contribution in [2.24, 2.45) is 0 Å². The SMILES string of the molecule is CC1CC(NCCC2=CCCC2)CCN1C. The zero-order valence-corrected chi connectivity index (χ0v) is 10.8. The second kappa shape index (κ2) is 5.83. The average Bonchev–Trinajstić information content (AvgIpc) is 2.76. The fourth-order valence-corrected chi connectivity index (χ4v) is 2.88. The molecule has 2 nitrogen and oxygen atoms in total. The van der Waals surface area contributed by atoms with Crippen molar-refractivity contribution in [3.63, 3.8) is 0 Å². The Morgan fingerprint density at radius 1 is 1.50 bits per heavy atom. The number of rotatable bonds is 4. The van der Waals surface area contributed by atoms with Crippen LogP contribution in [-0.2, 0) is 0 Å². The zero-order valence-electron chi connectivity index (χ0n) is 10.8.